The number of nitrogens with zero attached hydrogens (tertiary/aromatic N) is 2. The second-order valence-corrected chi connectivity index (χ2v) is 6.26. The molecule has 0 fully saturated rings. The third-order valence-electron chi connectivity index (χ3n) is 2.74. The molecule has 0 saturated heterocycles. The van der Waals surface area contributed by atoms with Crippen LogP contribution in [0.4, 0.5) is 0 Å². The van der Waals surface area contributed by atoms with E-state index in [-0.39, 0.29) is 0 Å². The minimum atomic E-state index is 0.538. The Labute approximate surface area is 126 Å². The Kier molecular flexibility index (Phi) is 4.21. The van der Waals surface area contributed by atoms with Gasteiger partial charge >= 0.3 is 0 Å². The SMILES string of the molecule is Cc1cccc(-c2n[nH]c(=S)n2CC(C)C)c1I. The zero-order valence-corrected chi connectivity index (χ0v) is 13.7. The van der Waals surface area contributed by atoms with E-state index in [4.69, 9.17) is 12.2 Å². The molecule has 3 nitrogen and oxygen atoms in total. The van der Waals surface area contributed by atoms with Crippen LogP contribution in [0, 0.1) is 21.2 Å². The third-order valence-corrected chi connectivity index (χ3v) is 4.48. The third kappa shape index (κ3) is 2.66. The summed E-state index contributed by atoms with van der Waals surface area (Å²) in [4.78, 5) is 0. The molecule has 0 aliphatic rings. The maximum Gasteiger partial charge on any atom is 0.195 e. The van der Waals surface area contributed by atoms with Crippen LogP contribution < -0.4 is 0 Å². The first-order valence-corrected chi connectivity index (χ1v) is 7.40. The molecule has 1 heterocycles. The molecule has 18 heavy (non-hydrogen) atoms. The number of aromatic amines is 1. The summed E-state index contributed by atoms with van der Waals surface area (Å²) in [5, 5.41) is 7.28. The van der Waals surface area contributed by atoms with Crippen LogP contribution in [0.15, 0.2) is 18.2 Å². The van der Waals surface area contributed by atoms with Crippen LogP contribution in [0.25, 0.3) is 11.4 Å². The fourth-order valence-electron chi connectivity index (χ4n) is 1.88. The second kappa shape index (κ2) is 5.52. The molecular formula is C13H16IN3S. The maximum atomic E-state index is 5.31. The topological polar surface area (TPSA) is 33.6 Å². The Morgan fingerprint density at radius 2 is 2.17 bits per heavy atom. The molecule has 0 spiro atoms. The number of benzene rings is 1. The first kappa shape index (κ1) is 13.7. The fourth-order valence-corrected chi connectivity index (χ4v) is 2.69. The van der Waals surface area contributed by atoms with Gasteiger partial charge in [0.25, 0.3) is 0 Å². The van der Waals surface area contributed by atoms with Crippen molar-refractivity contribution in [2.24, 2.45) is 5.92 Å². The van der Waals surface area contributed by atoms with Crippen molar-refractivity contribution in [1.82, 2.24) is 14.8 Å². The molecule has 0 aliphatic heterocycles. The van der Waals surface area contributed by atoms with Crippen LogP contribution in [-0.4, -0.2) is 14.8 Å². The summed E-state index contributed by atoms with van der Waals surface area (Å²) in [5.74, 6) is 1.47. The van der Waals surface area contributed by atoms with Gasteiger partial charge in [-0.1, -0.05) is 32.0 Å². The molecule has 0 amide bonds. The molecule has 1 aromatic carbocycles. The molecule has 1 N–H and O–H groups in total. The van der Waals surface area contributed by atoms with Crippen LogP contribution in [-0.2, 0) is 6.54 Å². The normalized spacial score (nSPS) is 11.2. The molecule has 0 aliphatic carbocycles. The average Bonchev–Trinajstić information content (AvgIpc) is 2.64. The first-order valence-electron chi connectivity index (χ1n) is 5.91. The fraction of sp³-hybridized carbons (Fsp3) is 0.385. The molecule has 96 valence electrons. The lowest BCUT2D eigenvalue weighted by molar-refractivity contribution is 0.521. The average molecular weight is 373 g/mol. The number of rotatable bonds is 3. The summed E-state index contributed by atoms with van der Waals surface area (Å²) < 4.78 is 4.00. The Balaban J connectivity index is 2.58. The summed E-state index contributed by atoms with van der Waals surface area (Å²) >= 11 is 7.68. The van der Waals surface area contributed by atoms with Gasteiger partial charge in [-0.15, -0.1) is 0 Å². The molecule has 1 aromatic heterocycles. The molecule has 0 atom stereocenters. The van der Waals surface area contributed by atoms with E-state index in [1.54, 1.807) is 0 Å². The van der Waals surface area contributed by atoms with Crippen LogP contribution in [0.3, 0.4) is 0 Å². The van der Waals surface area contributed by atoms with Gasteiger partial charge in [-0.2, -0.15) is 5.10 Å². The van der Waals surface area contributed by atoms with E-state index in [1.165, 1.54) is 9.13 Å². The number of hydrogen-bond donors (Lipinski definition) is 1. The van der Waals surface area contributed by atoms with Gasteiger partial charge in [-0.05, 0) is 53.2 Å². The van der Waals surface area contributed by atoms with E-state index >= 15 is 0 Å². The van der Waals surface area contributed by atoms with E-state index in [0.29, 0.717) is 10.7 Å². The van der Waals surface area contributed by atoms with Crippen molar-refractivity contribution < 1.29 is 0 Å². The molecular weight excluding hydrogens is 357 g/mol. The number of hydrogen-bond acceptors (Lipinski definition) is 2. The van der Waals surface area contributed by atoms with E-state index < -0.39 is 0 Å². The lowest BCUT2D eigenvalue weighted by atomic mass is 10.1. The van der Waals surface area contributed by atoms with Crippen LogP contribution >= 0.6 is 34.8 Å². The molecule has 0 bridgehead atoms. The van der Waals surface area contributed by atoms with Crippen molar-refractivity contribution in [3.05, 3.63) is 32.1 Å². The zero-order valence-electron chi connectivity index (χ0n) is 10.7. The van der Waals surface area contributed by atoms with Crippen molar-refractivity contribution in [2.75, 3.05) is 0 Å². The number of nitrogens with one attached hydrogen (secondary N) is 1. The van der Waals surface area contributed by atoms with Gasteiger partial charge in [0, 0.05) is 15.7 Å². The molecule has 2 rings (SSSR count). The zero-order chi connectivity index (χ0) is 13.3. The van der Waals surface area contributed by atoms with Gasteiger partial charge in [-0.25, -0.2) is 0 Å². The van der Waals surface area contributed by atoms with Crippen LogP contribution in [0.5, 0.6) is 0 Å². The van der Waals surface area contributed by atoms with Gasteiger partial charge in [0.1, 0.15) is 0 Å². The summed E-state index contributed by atoms with van der Waals surface area (Å²) in [6.07, 6.45) is 0. The lowest BCUT2D eigenvalue weighted by Crippen LogP contribution is -2.07. The highest BCUT2D eigenvalue weighted by Gasteiger charge is 2.13. The Morgan fingerprint density at radius 1 is 1.44 bits per heavy atom. The minimum Gasteiger partial charge on any atom is -0.300 e. The summed E-state index contributed by atoms with van der Waals surface area (Å²) in [7, 11) is 0. The van der Waals surface area contributed by atoms with Crippen molar-refractivity contribution in [2.45, 2.75) is 27.3 Å². The van der Waals surface area contributed by atoms with Crippen LogP contribution in [0.2, 0.25) is 0 Å². The summed E-state index contributed by atoms with van der Waals surface area (Å²) in [6.45, 7) is 7.35. The Hall–Kier alpha value is -0.690. The lowest BCUT2D eigenvalue weighted by Gasteiger charge is -2.11. The van der Waals surface area contributed by atoms with Crippen molar-refractivity contribution in [3.63, 3.8) is 0 Å². The monoisotopic (exact) mass is 373 g/mol. The molecule has 0 saturated carbocycles. The van der Waals surface area contributed by atoms with E-state index in [9.17, 15) is 0 Å². The van der Waals surface area contributed by atoms with Gasteiger partial charge in [0.2, 0.25) is 0 Å². The van der Waals surface area contributed by atoms with E-state index in [0.717, 1.165) is 17.9 Å². The van der Waals surface area contributed by atoms with Crippen LogP contribution in [0.1, 0.15) is 19.4 Å². The highest BCUT2D eigenvalue weighted by Crippen LogP contribution is 2.26. The highest BCUT2D eigenvalue weighted by atomic mass is 127. The van der Waals surface area contributed by atoms with Crippen molar-refractivity contribution in [1.29, 1.82) is 0 Å². The quantitative estimate of drug-likeness (QED) is 0.647. The number of aryl methyl sites for hydroxylation is 1. The standard InChI is InChI=1S/C13H16IN3S/c1-8(2)7-17-12(15-16-13(17)18)10-6-4-5-9(3)11(10)14/h4-6,8H,7H2,1-3H3,(H,16,18). The predicted octanol–water partition coefficient (Wildman–Crippen LogP) is 4.18. The summed E-state index contributed by atoms with van der Waals surface area (Å²) in [6, 6.07) is 6.26. The van der Waals surface area contributed by atoms with Gasteiger partial charge in [0.15, 0.2) is 10.6 Å². The van der Waals surface area contributed by atoms with Gasteiger partial charge < -0.3 is 0 Å². The first-order chi connectivity index (χ1) is 8.50. The van der Waals surface area contributed by atoms with Crippen molar-refractivity contribution >= 4 is 34.8 Å². The molecule has 5 heteroatoms. The summed E-state index contributed by atoms with van der Waals surface area (Å²) in [5.41, 5.74) is 2.40. The Bertz CT molecular complexity index is 613. The molecule has 2 aromatic rings. The minimum absolute atomic E-state index is 0.538. The van der Waals surface area contributed by atoms with Crippen molar-refractivity contribution in [3.8, 4) is 11.4 Å². The smallest absolute Gasteiger partial charge is 0.195 e. The second-order valence-electron chi connectivity index (χ2n) is 4.79. The number of halogens is 1. The Morgan fingerprint density at radius 3 is 2.83 bits per heavy atom. The van der Waals surface area contributed by atoms with Gasteiger partial charge in [-0.3, -0.25) is 9.67 Å². The number of H-pyrrole nitrogens is 1. The largest absolute Gasteiger partial charge is 0.300 e. The maximum absolute atomic E-state index is 5.31. The van der Waals surface area contributed by atoms with Gasteiger partial charge in [0.05, 0.1) is 0 Å². The predicted molar refractivity (Wildman–Crippen MR) is 85.1 cm³/mol. The number of aromatic nitrogens is 3. The van der Waals surface area contributed by atoms with E-state index in [2.05, 4.69) is 76.3 Å². The highest BCUT2D eigenvalue weighted by molar-refractivity contribution is 14.1. The molecule has 0 unspecified atom stereocenters. The van der Waals surface area contributed by atoms with E-state index in [1.807, 2.05) is 0 Å². The molecule has 0 radical (unpaired) electrons.